The van der Waals surface area contributed by atoms with Gasteiger partial charge in [0.25, 0.3) is 5.91 Å². The monoisotopic (exact) mass is 247 g/mol. The first-order chi connectivity index (χ1) is 8.04. The zero-order valence-electron chi connectivity index (χ0n) is 9.65. The Bertz CT molecular complexity index is 481. The minimum atomic E-state index is -0.361. The molecule has 0 bridgehead atoms. The number of nitrogens with one attached hydrogen (secondary N) is 1. The van der Waals surface area contributed by atoms with E-state index in [9.17, 15) is 4.79 Å². The number of allylic oxidation sites excluding steroid dienone is 1. The second-order valence-electron chi connectivity index (χ2n) is 3.53. The molecule has 1 amide bonds. The van der Waals surface area contributed by atoms with Crippen molar-refractivity contribution < 1.29 is 4.79 Å². The van der Waals surface area contributed by atoms with Gasteiger partial charge in [0.05, 0.1) is 0 Å². The summed E-state index contributed by atoms with van der Waals surface area (Å²) in [6.07, 6.45) is 0. The number of carbonyl (C=O) groups is 1. The molecule has 0 aliphatic carbocycles. The molecule has 0 heterocycles. The van der Waals surface area contributed by atoms with Crippen molar-refractivity contribution in [3.63, 3.8) is 0 Å². The van der Waals surface area contributed by atoms with Crippen LogP contribution in [0.3, 0.4) is 0 Å². The molecule has 88 valence electrons. The first-order valence-corrected chi connectivity index (χ1v) is 5.76. The molecule has 0 saturated heterocycles. The van der Waals surface area contributed by atoms with Gasteiger partial charge in [-0.05, 0) is 37.7 Å². The number of hydrogen-bond donors (Lipinski definition) is 2. The van der Waals surface area contributed by atoms with Gasteiger partial charge in [0.2, 0.25) is 0 Å². The summed E-state index contributed by atoms with van der Waals surface area (Å²) in [6.45, 7) is 3.56. The highest BCUT2D eigenvalue weighted by molar-refractivity contribution is 8.08. The quantitative estimate of drug-likeness (QED) is 0.634. The average Bonchev–Trinajstić information content (AvgIpc) is 2.28. The van der Waals surface area contributed by atoms with Crippen molar-refractivity contribution in [3.8, 4) is 5.40 Å². The number of rotatable bonds is 3. The van der Waals surface area contributed by atoms with Gasteiger partial charge in [-0.15, -0.1) is 0 Å². The molecule has 4 nitrogen and oxygen atoms in total. The second-order valence-corrected chi connectivity index (χ2v) is 4.32. The summed E-state index contributed by atoms with van der Waals surface area (Å²) >= 11 is 0.763. The number of hydrogen-bond acceptors (Lipinski definition) is 4. The Morgan fingerprint density at radius 2 is 2.00 bits per heavy atom. The SMILES string of the molecule is CC(N)=C(SC#N)C(=O)Nc1ccc(C)cc1. The maximum absolute atomic E-state index is 11.8. The fourth-order valence-electron chi connectivity index (χ4n) is 1.18. The van der Waals surface area contributed by atoms with Gasteiger partial charge in [-0.3, -0.25) is 4.79 Å². The fourth-order valence-corrected chi connectivity index (χ4v) is 1.57. The van der Waals surface area contributed by atoms with Gasteiger partial charge in [-0.25, -0.2) is 0 Å². The minimum absolute atomic E-state index is 0.230. The first-order valence-electron chi connectivity index (χ1n) is 4.95. The normalized spacial score (nSPS) is 11.4. The zero-order valence-corrected chi connectivity index (χ0v) is 10.5. The summed E-state index contributed by atoms with van der Waals surface area (Å²) in [5, 5.41) is 13.1. The topological polar surface area (TPSA) is 78.9 Å². The van der Waals surface area contributed by atoms with Crippen LogP contribution >= 0.6 is 11.8 Å². The van der Waals surface area contributed by atoms with Crippen LogP contribution in [0.1, 0.15) is 12.5 Å². The number of benzene rings is 1. The van der Waals surface area contributed by atoms with E-state index in [1.165, 1.54) is 0 Å². The molecule has 1 rings (SSSR count). The van der Waals surface area contributed by atoms with Crippen LogP contribution in [0.2, 0.25) is 0 Å². The van der Waals surface area contributed by atoms with E-state index < -0.39 is 0 Å². The molecule has 17 heavy (non-hydrogen) atoms. The molecule has 0 saturated carbocycles. The Hall–Kier alpha value is -1.93. The number of thioether (sulfide) groups is 1. The second kappa shape index (κ2) is 5.97. The van der Waals surface area contributed by atoms with Crippen molar-refractivity contribution in [1.82, 2.24) is 0 Å². The first kappa shape index (κ1) is 13.1. The van der Waals surface area contributed by atoms with E-state index in [-0.39, 0.29) is 10.8 Å². The smallest absolute Gasteiger partial charge is 0.264 e. The number of anilines is 1. The molecule has 0 aromatic heterocycles. The number of amides is 1. The van der Waals surface area contributed by atoms with Crippen LogP contribution in [0.15, 0.2) is 34.9 Å². The predicted octanol–water partition coefficient (Wildman–Crippen LogP) is 2.34. The Balaban J connectivity index is 2.82. The maximum Gasteiger partial charge on any atom is 0.264 e. The van der Waals surface area contributed by atoms with E-state index in [0.717, 1.165) is 17.3 Å². The number of nitrogens with two attached hydrogens (primary N) is 1. The summed E-state index contributed by atoms with van der Waals surface area (Å²) in [6, 6.07) is 7.39. The fraction of sp³-hybridized carbons (Fsp3) is 0.167. The van der Waals surface area contributed by atoms with Gasteiger partial charge in [0.15, 0.2) is 0 Å². The highest BCUT2D eigenvalue weighted by atomic mass is 32.2. The van der Waals surface area contributed by atoms with Crippen molar-refractivity contribution in [1.29, 1.82) is 5.26 Å². The lowest BCUT2D eigenvalue weighted by Crippen LogP contribution is -2.15. The summed E-state index contributed by atoms with van der Waals surface area (Å²) < 4.78 is 0. The molecule has 3 N–H and O–H groups in total. The van der Waals surface area contributed by atoms with Gasteiger partial charge >= 0.3 is 0 Å². The molecular weight excluding hydrogens is 234 g/mol. The van der Waals surface area contributed by atoms with Gasteiger partial charge in [0, 0.05) is 11.4 Å². The van der Waals surface area contributed by atoms with Crippen LogP contribution in [0, 0.1) is 17.6 Å². The third-order valence-corrected chi connectivity index (χ3v) is 2.82. The highest BCUT2D eigenvalue weighted by Crippen LogP contribution is 2.19. The van der Waals surface area contributed by atoms with E-state index in [1.54, 1.807) is 19.1 Å². The molecule has 0 atom stereocenters. The molecule has 0 fully saturated rings. The van der Waals surface area contributed by atoms with Crippen molar-refractivity contribution in [3.05, 3.63) is 40.4 Å². The summed E-state index contributed by atoms with van der Waals surface area (Å²) in [5.74, 6) is -0.361. The minimum Gasteiger partial charge on any atom is -0.401 e. The molecule has 1 aromatic rings. The van der Waals surface area contributed by atoms with Crippen molar-refractivity contribution in [2.45, 2.75) is 13.8 Å². The molecule has 5 heteroatoms. The largest absolute Gasteiger partial charge is 0.401 e. The van der Waals surface area contributed by atoms with Gasteiger partial charge in [-0.1, -0.05) is 17.7 Å². The molecule has 0 spiro atoms. The lowest BCUT2D eigenvalue weighted by Gasteiger charge is -2.07. The summed E-state index contributed by atoms with van der Waals surface area (Å²) in [7, 11) is 0. The highest BCUT2D eigenvalue weighted by Gasteiger charge is 2.12. The number of nitriles is 1. The Morgan fingerprint density at radius 1 is 1.41 bits per heavy atom. The van der Waals surface area contributed by atoms with Crippen LogP contribution in [-0.2, 0) is 4.79 Å². The van der Waals surface area contributed by atoms with Crippen molar-refractivity contribution in [2.75, 3.05) is 5.32 Å². The lowest BCUT2D eigenvalue weighted by atomic mass is 10.2. The summed E-state index contributed by atoms with van der Waals surface area (Å²) in [5.41, 5.74) is 7.67. The summed E-state index contributed by atoms with van der Waals surface area (Å²) in [4.78, 5) is 12.0. The molecule has 0 unspecified atom stereocenters. The predicted molar refractivity (Wildman–Crippen MR) is 69.9 cm³/mol. The van der Waals surface area contributed by atoms with Crippen LogP contribution < -0.4 is 11.1 Å². The average molecular weight is 247 g/mol. The third-order valence-electron chi connectivity index (χ3n) is 2.02. The number of nitrogens with zero attached hydrogens (tertiary/aromatic N) is 1. The Labute approximate surface area is 104 Å². The molecule has 0 aliphatic rings. The van der Waals surface area contributed by atoms with Crippen LogP contribution in [-0.4, -0.2) is 5.91 Å². The van der Waals surface area contributed by atoms with Gasteiger partial charge in [-0.2, -0.15) is 5.26 Å². The van der Waals surface area contributed by atoms with Crippen LogP contribution in [0.25, 0.3) is 0 Å². The van der Waals surface area contributed by atoms with E-state index >= 15 is 0 Å². The van der Waals surface area contributed by atoms with Crippen molar-refractivity contribution in [2.24, 2.45) is 5.73 Å². The van der Waals surface area contributed by atoms with E-state index in [4.69, 9.17) is 11.0 Å². The number of thiocyanates is 1. The van der Waals surface area contributed by atoms with Crippen LogP contribution in [0.5, 0.6) is 0 Å². The van der Waals surface area contributed by atoms with Crippen LogP contribution in [0.4, 0.5) is 5.69 Å². The standard InChI is InChI=1S/C12H13N3OS/c1-8-3-5-10(6-4-8)15-12(16)11(9(2)14)17-7-13/h3-6H,14H2,1-2H3,(H,15,16). The van der Waals surface area contributed by atoms with E-state index in [1.807, 2.05) is 24.5 Å². The van der Waals surface area contributed by atoms with Gasteiger partial charge in [0.1, 0.15) is 10.3 Å². The van der Waals surface area contributed by atoms with Crippen molar-refractivity contribution >= 4 is 23.4 Å². The maximum atomic E-state index is 11.8. The molecule has 1 aromatic carbocycles. The Kier molecular flexibility index (Phi) is 4.61. The molecule has 0 aliphatic heterocycles. The van der Waals surface area contributed by atoms with E-state index in [2.05, 4.69) is 5.32 Å². The lowest BCUT2D eigenvalue weighted by molar-refractivity contribution is -0.112. The molecular formula is C12H13N3OS. The Morgan fingerprint density at radius 3 is 2.47 bits per heavy atom. The third kappa shape index (κ3) is 3.85. The number of carbonyl (C=O) groups excluding carboxylic acids is 1. The number of aryl methyl sites for hydroxylation is 1. The molecule has 0 radical (unpaired) electrons. The van der Waals surface area contributed by atoms with Gasteiger partial charge < -0.3 is 11.1 Å². The zero-order chi connectivity index (χ0) is 12.8. The van der Waals surface area contributed by atoms with E-state index in [0.29, 0.717) is 11.4 Å².